The second-order valence-corrected chi connectivity index (χ2v) is 7.26. The predicted octanol–water partition coefficient (Wildman–Crippen LogP) is 1.53. The fourth-order valence-corrected chi connectivity index (χ4v) is 5.28. The van der Waals surface area contributed by atoms with Crippen LogP contribution in [0.25, 0.3) is 0 Å². The molecule has 5 atom stereocenters. The minimum absolute atomic E-state index is 0.362. The van der Waals surface area contributed by atoms with Crippen molar-refractivity contribution in [1.29, 1.82) is 0 Å². The number of nitrogens with zero attached hydrogens (tertiary/aromatic N) is 3. The molecule has 3 fully saturated rings. The lowest BCUT2D eigenvalue weighted by Gasteiger charge is -2.20. The molecule has 3 N–H and O–H groups in total. The van der Waals surface area contributed by atoms with Crippen LogP contribution < -0.4 is 11.3 Å². The summed E-state index contributed by atoms with van der Waals surface area (Å²) in [7, 11) is 0. The van der Waals surface area contributed by atoms with Crippen molar-refractivity contribution in [2.75, 3.05) is 0 Å². The number of fused-ring (bicyclic) bond motifs is 5. The molecule has 0 radical (unpaired) electrons. The Labute approximate surface area is 120 Å². The van der Waals surface area contributed by atoms with E-state index in [0.717, 1.165) is 41.8 Å². The molecule has 0 saturated heterocycles. The highest BCUT2D eigenvalue weighted by molar-refractivity contribution is 5.16. The van der Waals surface area contributed by atoms with Crippen LogP contribution in [-0.4, -0.2) is 20.8 Å². The van der Waals surface area contributed by atoms with E-state index in [2.05, 4.69) is 29.4 Å². The first-order valence-corrected chi connectivity index (χ1v) is 8.05. The van der Waals surface area contributed by atoms with Crippen LogP contribution in [0.3, 0.4) is 0 Å². The van der Waals surface area contributed by atoms with Gasteiger partial charge in [0.05, 0.1) is 0 Å². The molecule has 0 spiro atoms. The van der Waals surface area contributed by atoms with Gasteiger partial charge >= 0.3 is 0 Å². The molecular weight excluding hydrogens is 250 g/mol. The highest BCUT2D eigenvalue weighted by Crippen LogP contribution is 2.70. The molecule has 0 aromatic carbocycles. The van der Waals surface area contributed by atoms with E-state index in [1.807, 2.05) is 4.68 Å². The van der Waals surface area contributed by atoms with Gasteiger partial charge in [-0.3, -0.25) is 11.3 Å². The van der Waals surface area contributed by atoms with Gasteiger partial charge in [0.1, 0.15) is 12.2 Å². The molecular formula is C15H25N5. The zero-order valence-electron chi connectivity index (χ0n) is 12.4. The van der Waals surface area contributed by atoms with Crippen LogP contribution in [0, 0.1) is 29.6 Å². The molecule has 5 nitrogen and oxygen atoms in total. The summed E-state index contributed by atoms with van der Waals surface area (Å²) < 4.78 is 2.02. The largest absolute Gasteiger partial charge is 0.271 e. The number of rotatable bonds is 5. The average molecular weight is 275 g/mol. The third-order valence-electron chi connectivity index (χ3n) is 6.01. The number of hydrogen-bond donors (Lipinski definition) is 2. The molecule has 1 aromatic heterocycles. The first-order valence-electron chi connectivity index (χ1n) is 8.05. The summed E-state index contributed by atoms with van der Waals surface area (Å²) in [5.41, 5.74) is 3.08. The molecule has 3 aliphatic rings. The number of nitrogens with two attached hydrogens (primary N) is 1. The van der Waals surface area contributed by atoms with E-state index in [1.54, 1.807) is 6.33 Å². The van der Waals surface area contributed by atoms with Crippen molar-refractivity contribution in [2.45, 2.75) is 51.6 Å². The number of nitrogens with one attached hydrogen (secondary N) is 1. The van der Waals surface area contributed by atoms with Crippen molar-refractivity contribution >= 4 is 0 Å². The van der Waals surface area contributed by atoms with Crippen LogP contribution in [0.5, 0.6) is 0 Å². The van der Waals surface area contributed by atoms with Crippen LogP contribution in [0.1, 0.15) is 45.0 Å². The second kappa shape index (κ2) is 4.53. The Kier molecular flexibility index (Phi) is 2.89. The summed E-state index contributed by atoms with van der Waals surface area (Å²) in [6.45, 7) is 4.30. The van der Waals surface area contributed by atoms with Gasteiger partial charge < -0.3 is 0 Å². The Hall–Kier alpha value is -0.940. The minimum atomic E-state index is 0.362. The molecule has 4 rings (SSSR count). The Morgan fingerprint density at radius 2 is 2.05 bits per heavy atom. The summed E-state index contributed by atoms with van der Waals surface area (Å²) in [5, 5.41) is 4.33. The normalized spacial score (nSPS) is 39.3. The van der Waals surface area contributed by atoms with Crippen molar-refractivity contribution in [3.8, 4) is 0 Å². The lowest BCUT2D eigenvalue weighted by Crippen LogP contribution is -2.41. The fourth-order valence-electron chi connectivity index (χ4n) is 5.28. The summed E-state index contributed by atoms with van der Waals surface area (Å²) in [5.74, 6) is 11.6. The summed E-state index contributed by atoms with van der Waals surface area (Å²) in [6.07, 6.45) is 6.99. The third kappa shape index (κ3) is 1.76. The molecule has 5 unspecified atom stereocenters. The summed E-state index contributed by atoms with van der Waals surface area (Å²) in [6, 6.07) is 0.732. The van der Waals surface area contributed by atoms with Crippen LogP contribution in [0.4, 0.5) is 0 Å². The number of aromatic nitrogens is 3. The van der Waals surface area contributed by atoms with Crippen molar-refractivity contribution in [1.82, 2.24) is 20.2 Å². The van der Waals surface area contributed by atoms with Crippen molar-refractivity contribution in [3.63, 3.8) is 0 Å². The second-order valence-electron chi connectivity index (χ2n) is 7.26. The van der Waals surface area contributed by atoms with Crippen LogP contribution in [0.2, 0.25) is 0 Å². The molecule has 5 heteroatoms. The smallest absolute Gasteiger partial charge is 0.138 e. The number of hydrogen-bond acceptors (Lipinski definition) is 4. The Balaban J connectivity index is 1.49. The van der Waals surface area contributed by atoms with Crippen LogP contribution in [-0.2, 0) is 6.42 Å². The van der Waals surface area contributed by atoms with Gasteiger partial charge in [-0.25, -0.2) is 9.67 Å². The van der Waals surface area contributed by atoms with E-state index in [-0.39, 0.29) is 0 Å². The Morgan fingerprint density at radius 1 is 1.35 bits per heavy atom. The zero-order valence-corrected chi connectivity index (χ0v) is 12.4. The highest BCUT2D eigenvalue weighted by atomic mass is 15.3. The lowest BCUT2D eigenvalue weighted by molar-refractivity contribution is 0.353. The zero-order chi connectivity index (χ0) is 13.9. The maximum absolute atomic E-state index is 5.86. The van der Waals surface area contributed by atoms with Gasteiger partial charge in [0.25, 0.3) is 0 Å². The van der Waals surface area contributed by atoms with E-state index >= 15 is 0 Å². The van der Waals surface area contributed by atoms with Crippen LogP contribution >= 0.6 is 0 Å². The number of hydrazine groups is 1. The topological polar surface area (TPSA) is 68.8 Å². The van der Waals surface area contributed by atoms with Gasteiger partial charge in [-0.1, -0.05) is 0 Å². The lowest BCUT2D eigenvalue weighted by atomic mass is 9.96. The quantitative estimate of drug-likeness (QED) is 0.631. The summed E-state index contributed by atoms with van der Waals surface area (Å²) >= 11 is 0. The molecule has 0 amide bonds. The fraction of sp³-hybridized carbons (Fsp3) is 0.867. The molecule has 0 aliphatic heterocycles. The van der Waals surface area contributed by atoms with E-state index in [9.17, 15) is 0 Å². The van der Waals surface area contributed by atoms with Crippen molar-refractivity contribution < 1.29 is 0 Å². The van der Waals surface area contributed by atoms with E-state index in [4.69, 9.17) is 5.84 Å². The van der Waals surface area contributed by atoms with Gasteiger partial charge in [0.2, 0.25) is 0 Å². The van der Waals surface area contributed by atoms with Gasteiger partial charge in [0.15, 0.2) is 0 Å². The maximum Gasteiger partial charge on any atom is 0.138 e. The predicted molar refractivity (Wildman–Crippen MR) is 76.5 cm³/mol. The first-order chi connectivity index (χ1) is 9.70. The van der Waals surface area contributed by atoms with E-state index < -0.39 is 0 Å². The Morgan fingerprint density at radius 3 is 2.65 bits per heavy atom. The maximum atomic E-state index is 5.86. The van der Waals surface area contributed by atoms with Gasteiger partial charge in [0, 0.05) is 18.5 Å². The molecule has 1 aromatic rings. The standard InChI is InChI=1S/C15H25N5/c1-8(2)20-12(17-7-18-20)6-11(19-16)15-13-9-3-4-10(5-9)14(13)15/h7-11,13-15,19H,3-6,16H2,1-2H3. The Bertz CT molecular complexity index is 480. The van der Waals surface area contributed by atoms with Gasteiger partial charge in [-0.15, -0.1) is 0 Å². The van der Waals surface area contributed by atoms with Gasteiger partial charge in [-0.2, -0.15) is 5.10 Å². The van der Waals surface area contributed by atoms with E-state index in [0.29, 0.717) is 12.1 Å². The van der Waals surface area contributed by atoms with Gasteiger partial charge in [-0.05, 0) is 62.7 Å². The molecule has 2 bridgehead atoms. The van der Waals surface area contributed by atoms with Crippen molar-refractivity contribution in [3.05, 3.63) is 12.2 Å². The van der Waals surface area contributed by atoms with Crippen LogP contribution in [0.15, 0.2) is 6.33 Å². The molecule has 20 heavy (non-hydrogen) atoms. The third-order valence-corrected chi connectivity index (χ3v) is 6.01. The molecule has 1 heterocycles. The molecule has 3 saturated carbocycles. The molecule has 3 aliphatic carbocycles. The SMILES string of the molecule is CC(C)n1ncnc1CC(NN)C1C2C3CCC(C3)C21. The monoisotopic (exact) mass is 275 g/mol. The van der Waals surface area contributed by atoms with Crippen molar-refractivity contribution in [2.24, 2.45) is 35.4 Å². The van der Waals surface area contributed by atoms with E-state index in [1.165, 1.54) is 19.3 Å². The highest BCUT2D eigenvalue weighted by Gasteiger charge is 2.66. The molecule has 110 valence electrons. The first kappa shape index (κ1) is 12.8. The summed E-state index contributed by atoms with van der Waals surface area (Å²) in [4.78, 5) is 4.44. The minimum Gasteiger partial charge on any atom is -0.271 e. The average Bonchev–Trinajstić information content (AvgIpc) is 2.85.